The first-order chi connectivity index (χ1) is 16.3. The van der Waals surface area contributed by atoms with Gasteiger partial charge in [0.15, 0.2) is 0 Å². The Morgan fingerprint density at radius 2 is 1.47 bits per heavy atom. The lowest BCUT2D eigenvalue weighted by molar-refractivity contribution is -0.0327. The smallest absolute Gasteiger partial charge is 0.338 e. The molecule has 170 valence electrons. The van der Waals surface area contributed by atoms with E-state index in [1.807, 2.05) is 12.1 Å². The highest BCUT2D eigenvalue weighted by Gasteiger charge is 2.38. The second-order valence-corrected chi connectivity index (χ2v) is 8.03. The Hall–Kier alpha value is -4.37. The third-order valence-corrected chi connectivity index (χ3v) is 6.15. The molecule has 3 aromatic carbocycles. The summed E-state index contributed by atoms with van der Waals surface area (Å²) in [5.41, 5.74) is 0.685. The van der Waals surface area contributed by atoms with Crippen LogP contribution in [0, 0.1) is 0 Å². The third kappa shape index (κ3) is 3.09. The van der Waals surface area contributed by atoms with Crippen LogP contribution in [0.25, 0.3) is 10.8 Å². The first-order valence-corrected chi connectivity index (χ1v) is 10.6. The fourth-order valence-corrected chi connectivity index (χ4v) is 4.37. The van der Waals surface area contributed by atoms with Crippen LogP contribution in [0.4, 0.5) is 0 Å². The zero-order valence-corrected chi connectivity index (χ0v) is 18.0. The third-order valence-electron chi connectivity index (χ3n) is 6.15. The second-order valence-electron chi connectivity index (χ2n) is 8.03. The quantitative estimate of drug-likeness (QED) is 0.354. The molecule has 5 rings (SSSR count). The number of benzene rings is 3. The number of hydrogen-bond acceptors (Lipinski definition) is 7. The Balaban J connectivity index is 1.38. The number of imide groups is 2. The molecule has 2 heterocycles. The molecule has 0 unspecified atom stereocenters. The lowest BCUT2D eigenvalue weighted by atomic mass is 9.93. The van der Waals surface area contributed by atoms with Crippen molar-refractivity contribution in [2.24, 2.45) is 0 Å². The molecule has 0 saturated carbocycles. The molecular formula is C25H18N2O7. The summed E-state index contributed by atoms with van der Waals surface area (Å²) in [5.74, 6) is -3.51. The number of amides is 4. The topological polar surface area (TPSA) is 121 Å². The van der Waals surface area contributed by atoms with Crippen LogP contribution in [0.3, 0.4) is 0 Å². The summed E-state index contributed by atoms with van der Waals surface area (Å²) in [4.78, 5) is 64.0. The summed E-state index contributed by atoms with van der Waals surface area (Å²) in [5, 5.41) is 10.9. The lowest BCUT2D eigenvalue weighted by Gasteiger charge is -2.33. The second kappa shape index (κ2) is 7.89. The summed E-state index contributed by atoms with van der Waals surface area (Å²) in [6, 6.07) is 13.5. The molecule has 1 N–H and O–H groups in total. The molecule has 3 aromatic rings. The van der Waals surface area contributed by atoms with Crippen LogP contribution < -0.4 is 0 Å². The van der Waals surface area contributed by atoms with Gasteiger partial charge in [-0.05, 0) is 42.1 Å². The molecule has 0 aliphatic carbocycles. The molecule has 9 heteroatoms. The summed E-state index contributed by atoms with van der Waals surface area (Å²) in [6.45, 7) is 1.52. The van der Waals surface area contributed by atoms with Crippen molar-refractivity contribution in [2.45, 2.75) is 19.4 Å². The monoisotopic (exact) mass is 458 g/mol. The normalized spacial score (nSPS) is 15.7. The van der Waals surface area contributed by atoms with E-state index < -0.39 is 35.6 Å². The van der Waals surface area contributed by atoms with Crippen molar-refractivity contribution in [1.29, 1.82) is 0 Å². The average molecular weight is 458 g/mol. The number of carbonyl (C=O) groups is 5. The van der Waals surface area contributed by atoms with Crippen LogP contribution in [0.2, 0.25) is 0 Å². The molecular weight excluding hydrogens is 440 g/mol. The average Bonchev–Trinajstić information content (AvgIpc) is 3.07. The number of hydroxylamine groups is 2. The molecule has 9 nitrogen and oxygen atoms in total. The zero-order chi connectivity index (χ0) is 24.1. The molecule has 1 atom stereocenters. The van der Waals surface area contributed by atoms with Crippen LogP contribution >= 0.6 is 0 Å². The lowest BCUT2D eigenvalue weighted by Crippen LogP contribution is -2.49. The van der Waals surface area contributed by atoms with E-state index in [4.69, 9.17) is 4.74 Å². The Kier molecular flexibility index (Phi) is 4.98. The van der Waals surface area contributed by atoms with E-state index >= 15 is 0 Å². The van der Waals surface area contributed by atoms with Gasteiger partial charge in [0.25, 0.3) is 23.6 Å². The molecule has 0 aromatic heterocycles. The number of fused-ring (bicyclic) bond motifs is 1. The highest BCUT2D eigenvalue weighted by molar-refractivity contribution is 6.25. The van der Waals surface area contributed by atoms with E-state index in [0.29, 0.717) is 22.9 Å². The van der Waals surface area contributed by atoms with Crippen LogP contribution in [-0.2, 0) is 4.74 Å². The molecule has 0 bridgehead atoms. The molecule has 0 radical (unpaired) electrons. The number of esters is 1. The van der Waals surface area contributed by atoms with Gasteiger partial charge in [-0.25, -0.2) is 4.79 Å². The minimum Gasteiger partial charge on any atom is -0.460 e. The number of carbonyl (C=O) groups excluding carboxylic acids is 5. The van der Waals surface area contributed by atoms with E-state index in [-0.39, 0.29) is 28.4 Å². The Bertz CT molecular complexity index is 1380. The Labute approximate surface area is 193 Å². The Morgan fingerprint density at radius 3 is 2.09 bits per heavy atom. The van der Waals surface area contributed by atoms with Gasteiger partial charge in [0.1, 0.15) is 6.61 Å². The van der Waals surface area contributed by atoms with Gasteiger partial charge in [0.05, 0.1) is 22.7 Å². The van der Waals surface area contributed by atoms with E-state index in [1.165, 1.54) is 18.2 Å². The van der Waals surface area contributed by atoms with Crippen molar-refractivity contribution in [3.8, 4) is 0 Å². The van der Waals surface area contributed by atoms with Gasteiger partial charge in [-0.1, -0.05) is 31.2 Å². The maximum Gasteiger partial charge on any atom is 0.338 e. The maximum atomic E-state index is 13.2. The number of nitrogens with zero attached hydrogens (tertiary/aromatic N) is 2. The van der Waals surface area contributed by atoms with Crippen LogP contribution in [0.5, 0.6) is 0 Å². The van der Waals surface area contributed by atoms with Crippen molar-refractivity contribution in [3.63, 3.8) is 0 Å². The molecule has 2 aliphatic rings. The van der Waals surface area contributed by atoms with Crippen LogP contribution in [-0.4, -0.2) is 57.4 Å². The van der Waals surface area contributed by atoms with Crippen molar-refractivity contribution in [3.05, 3.63) is 82.4 Å². The highest BCUT2D eigenvalue weighted by Crippen LogP contribution is 2.31. The number of rotatable bonds is 5. The summed E-state index contributed by atoms with van der Waals surface area (Å²) in [6.07, 6.45) is 0.347. The van der Waals surface area contributed by atoms with E-state index in [1.54, 1.807) is 31.2 Å². The van der Waals surface area contributed by atoms with E-state index in [2.05, 4.69) is 0 Å². The summed E-state index contributed by atoms with van der Waals surface area (Å²) in [7, 11) is 0. The van der Waals surface area contributed by atoms with Gasteiger partial charge < -0.3 is 4.74 Å². The molecule has 2 aliphatic heterocycles. The fourth-order valence-electron chi connectivity index (χ4n) is 4.37. The predicted molar refractivity (Wildman–Crippen MR) is 118 cm³/mol. The van der Waals surface area contributed by atoms with Crippen molar-refractivity contribution < 1.29 is 33.9 Å². The van der Waals surface area contributed by atoms with Crippen molar-refractivity contribution in [2.75, 3.05) is 6.61 Å². The maximum absolute atomic E-state index is 13.2. The SMILES string of the molecule is CC[C@H](COC(=O)c1ccc2c(c1)C(=O)N(O)C2=O)N1C(=O)c2cccc3cccc(c23)C1=O. The molecule has 0 spiro atoms. The largest absolute Gasteiger partial charge is 0.460 e. The minimum atomic E-state index is -0.932. The summed E-state index contributed by atoms with van der Waals surface area (Å²) >= 11 is 0. The molecule has 0 fully saturated rings. The van der Waals surface area contributed by atoms with E-state index in [9.17, 15) is 29.2 Å². The summed E-state index contributed by atoms with van der Waals surface area (Å²) < 4.78 is 5.38. The minimum absolute atomic E-state index is 0.00327. The van der Waals surface area contributed by atoms with Crippen LogP contribution in [0.1, 0.15) is 65.1 Å². The van der Waals surface area contributed by atoms with Gasteiger partial charge in [0, 0.05) is 16.5 Å². The molecule has 34 heavy (non-hydrogen) atoms. The predicted octanol–water partition coefficient (Wildman–Crippen LogP) is 3.06. The standard InChI is InChI=1S/C25H18N2O7/c1-2-15(12-34-25(32)14-9-10-16-19(11-14)24(31)27(33)23(16)30)26-21(28)17-7-3-5-13-6-4-8-18(20(13)17)22(26)29/h3-11,15,33H,2,12H2,1H3/t15-/m1/s1. The van der Waals surface area contributed by atoms with Gasteiger partial charge >= 0.3 is 5.97 Å². The first kappa shape index (κ1) is 21.5. The molecule has 4 amide bonds. The fraction of sp³-hybridized carbons (Fsp3) is 0.160. The van der Waals surface area contributed by atoms with Crippen LogP contribution in [0.15, 0.2) is 54.6 Å². The number of hydrogen-bond donors (Lipinski definition) is 1. The molecule has 0 saturated heterocycles. The highest BCUT2D eigenvalue weighted by atomic mass is 16.5. The van der Waals surface area contributed by atoms with Crippen molar-refractivity contribution >= 4 is 40.4 Å². The van der Waals surface area contributed by atoms with Gasteiger partial charge in [-0.2, -0.15) is 0 Å². The van der Waals surface area contributed by atoms with Gasteiger partial charge in [-0.15, -0.1) is 5.06 Å². The zero-order valence-electron chi connectivity index (χ0n) is 18.0. The van der Waals surface area contributed by atoms with Gasteiger partial charge in [0.2, 0.25) is 0 Å². The number of ether oxygens (including phenoxy) is 1. The van der Waals surface area contributed by atoms with E-state index in [0.717, 1.165) is 10.3 Å². The first-order valence-electron chi connectivity index (χ1n) is 10.6. The van der Waals surface area contributed by atoms with Crippen molar-refractivity contribution in [1.82, 2.24) is 9.96 Å². The van der Waals surface area contributed by atoms with Gasteiger partial charge in [-0.3, -0.25) is 29.3 Å². The Morgan fingerprint density at radius 1 is 0.853 bits per heavy atom.